The standard InChI is InChI=1S/C24H24F4N2O2/c1-2-32-12-11-30-14-17(16-5-3-4-6-20(16)30)15-7-9-29(10-8-15)24(31)21-22(27)18(25)13-19(26)23(21)28/h3-6,13-15H,2,7-12H2,1H3. The smallest absolute Gasteiger partial charge is 0.260 e. The predicted molar refractivity (Wildman–Crippen MR) is 113 cm³/mol. The number of piperidine rings is 1. The van der Waals surface area contributed by atoms with Gasteiger partial charge in [0.1, 0.15) is 5.56 Å². The van der Waals surface area contributed by atoms with E-state index in [1.165, 1.54) is 4.90 Å². The van der Waals surface area contributed by atoms with Crippen LogP contribution in [-0.4, -0.2) is 41.7 Å². The molecule has 170 valence electrons. The van der Waals surface area contributed by atoms with Crippen LogP contribution < -0.4 is 0 Å². The maximum Gasteiger partial charge on any atom is 0.260 e. The summed E-state index contributed by atoms with van der Waals surface area (Å²) in [6.45, 7) is 4.38. The number of fused-ring (bicyclic) bond motifs is 1. The molecule has 1 aromatic heterocycles. The molecule has 2 aromatic carbocycles. The summed E-state index contributed by atoms with van der Waals surface area (Å²) in [5.41, 5.74) is 1.08. The van der Waals surface area contributed by atoms with Crippen LogP contribution in [0.5, 0.6) is 0 Å². The van der Waals surface area contributed by atoms with E-state index >= 15 is 0 Å². The van der Waals surface area contributed by atoms with E-state index in [4.69, 9.17) is 4.74 Å². The Balaban J connectivity index is 1.52. The third kappa shape index (κ3) is 4.11. The van der Waals surface area contributed by atoms with Gasteiger partial charge in [-0.05, 0) is 37.3 Å². The number of aromatic nitrogens is 1. The summed E-state index contributed by atoms with van der Waals surface area (Å²) in [5.74, 6) is -7.36. The molecular formula is C24H24F4N2O2. The lowest BCUT2D eigenvalue weighted by molar-refractivity contribution is 0.0700. The number of para-hydroxylation sites is 1. The monoisotopic (exact) mass is 448 g/mol. The zero-order valence-corrected chi connectivity index (χ0v) is 17.7. The Morgan fingerprint density at radius 2 is 1.72 bits per heavy atom. The zero-order chi connectivity index (χ0) is 22.8. The van der Waals surface area contributed by atoms with Gasteiger partial charge in [0.15, 0.2) is 23.3 Å². The topological polar surface area (TPSA) is 34.5 Å². The summed E-state index contributed by atoms with van der Waals surface area (Å²) in [6, 6.07) is 8.16. The molecule has 4 nitrogen and oxygen atoms in total. The van der Waals surface area contributed by atoms with E-state index in [2.05, 4.69) is 16.8 Å². The zero-order valence-electron chi connectivity index (χ0n) is 17.7. The average molecular weight is 448 g/mol. The number of likely N-dealkylation sites (tertiary alicyclic amines) is 1. The van der Waals surface area contributed by atoms with Crippen LogP contribution in [0, 0.1) is 23.3 Å². The molecule has 0 unspecified atom stereocenters. The van der Waals surface area contributed by atoms with E-state index in [0.717, 1.165) is 23.0 Å². The van der Waals surface area contributed by atoms with E-state index in [9.17, 15) is 22.4 Å². The molecule has 4 rings (SSSR count). The van der Waals surface area contributed by atoms with Gasteiger partial charge in [0.05, 0.1) is 6.61 Å². The molecule has 1 fully saturated rings. The number of rotatable bonds is 6. The maximum atomic E-state index is 14.1. The number of carbonyl (C=O) groups excluding carboxylic acids is 1. The summed E-state index contributed by atoms with van der Waals surface area (Å²) in [7, 11) is 0. The Labute approximate surface area is 183 Å². The Hall–Kier alpha value is -2.87. The van der Waals surface area contributed by atoms with Crippen LogP contribution in [0.3, 0.4) is 0 Å². The molecule has 1 saturated heterocycles. The number of carbonyl (C=O) groups is 1. The van der Waals surface area contributed by atoms with Crippen molar-refractivity contribution in [3.8, 4) is 0 Å². The molecule has 0 N–H and O–H groups in total. The van der Waals surface area contributed by atoms with Gasteiger partial charge in [-0.2, -0.15) is 0 Å². The number of amides is 1. The van der Waals surface area contributed by atoms with Gasteiger partial charge in [-0.15, -0.1) is 0 Å². The van der Waals surface area contributed by atoms with Gasteiger partial charge in [-0.25, -0.2) is 17.6 Å². The number of nitrogens with zero attached hydrogens (tertiary/aromatic N) is 2. The van der Waals surface area contributed by atoms with Crippen molar-refractivity contribution in [1.29, 1.82) is 0 Å². The molecule has 1 aliphatic heterocycles. The first-order valence-corrected chi connectivity index (χ1v) is 10.7. The highest BCUT2D eigenvalue weighted by molar-refractivity contribution is 5.95. The molecule has 1 aliphatic rings. The Bertz CT molecular complexity index is 1110. The van der Waals surface area contributed by atoms with Crippen molar-refractivity contribution in [1.82, 2.24) is 9.47 Å². The highest BCUT2D eigenvalue weighted by Crippen LogP contribution is 2.35. The highest BCUT2D eigenvalue weighted by atomic mass is 19.2. The van der Waals surface area contributed by atoms with Crippen molar-refractivity contribution in [3.05, 3.63) is 70.9 Å². The van der Waals surface area contributed by atoms with E-state index in [-0.39, 0.29) is 25.1 Å². The van der Waals surface area contributed by atoms with Gasteiger partial charge in [0.25, 0.3) is 5.91 Å². The van der Waals surface area contributed by atoms with Gasteiger partial charge in [0.2, 0.25) is 0 Å². The Kier molecular flexibility index (Phi) is 6.50. The van der Waals surface area contributed by atoms with E-state index in [0.29, 0.717) is 26.1 Å². The molecule has 0 saturated carbocycles. The van der Waals surface area contributed by atoms with Crippen molar-refractivity contribution in [2.24, 2.45) is 0 Å². The summed E-state index contributed by atoms with van der Waals surface area (Å²) >= 11 is 0. The first-order valence-electron chi connectivity index (χ1n) is 10.7. The van der Waals surface area contributed by atoms with Crippen molar-refractivity contribution in [3.63, 3.8) is 0 Å². The summed E-state index contributed by atoms with van der Waals surface area (Å²) in [4.78, 5) is 13.9. The van der Waals surface area contributed by atoms with Crippen LogP contribution >= 0.6 is 0 Å². The first-order chi connectivity index (χ1) is 15.4. The summed E-state index contributed by atoms with van der Waals surface area (Å²) < 4.78 is 62.8. The van der Waals surface area contributed by atoms with E-state index in [1.807, 2.05) is 25.1 Å². The third-order valence-corrected chi connectivity index (χ3v) is 6.05. The molecule has 2 heterocycles. The van der Waals surface area contributed by atoms with Crippen molar-refractivity contribution in [2.75, 3.05) is 26.3 Å². The predicted octanol–water partition coefficient (Wildman–Crippen LogP) is 5.25. The highest BCUT2D eigenvalue weighted by Gasteiger charge is 2.31. The van der Waals surface area contributed by atoms with Gasteiger partial charge in [-0.3, -0.25) is 4.79 Å². The van der Waals surface area contributed by atoms with Crippen LogP contribution in [0.25, 0.3) is 10.9 Å². The van der Waals surface area contributed by atoms with Crippen molar-refractivity contribution >= 4 is 16.8 Å². The van der Waals surface area contributed by atoms with Crippen LogP contribution in [0.1, 0.15) is 41.6 Å². The molecule has 0 radical (unpaired) electrons. The Morgan fingerprint density at radius 3 is 2.38 bits per heavy atom. The second-order valence-electron chi connectivity index (χ2n) is 7.90. The van der Waals surface area contributed by atoms with Crippen molar-refractivity contribution < 1.29 is 27.1 Å². The minimum atomic E-state index is -1.66. The lowest BCUT2D eigenvalue weighted by atomic mass is 9.89. The minimum absolute atomic E-state index is 0.106. The molecule has 1 amide bonds. The number of halogens is 4. The fourth-order valence-electron chi connectivity index (χ4n) is 4.41. The Morgan fingerprint density at radius 1 is 1.06 bits per heavy atom. The number of ether oxygens (including phenoxy) is 1. The molecule has 8 heteroatoms. The van der Waals surface area contributed by atoms with Crippen molar-refractivity contribution in [2.45, 2.75) is 32.2 Å². The molecule has 32 heavy (non-hydrogen) atoms. The van der Waals surface area contributed by atoms with E-state index < -0.39 is 34.7 Å². The molecule has 3 aromatic rings. The van der Waals surface area contributed by atoms with Gasteiger partial charge < -0.3 is 14.2 Å². The lowest BCUT2D eigenvalue weighted by Crippen LogP contribution is -2.39. The number of hydrogen-bond donors (Lipinski definition) is 0. The first kappa shape index (κ1) is 22.3. The molecule has 0 aliphatic carbocycles. The molecule has 0 atom stereocenters. The summed E-state index contributed by atoms with van der Waals surface area (Å²) in [5, 5.41) is 1.12. The molecular weight excluding hydrogens is 424 g/mol. The normalized spacial score (nSPS) is 15.0. The lowest BCUT2D eigenvalue weighted by Gasteiger charge is -2.32. The van der Waals surface area contributed by atoms with Gasteiger partial charge in [0, 0.05) is 49.4 Å². The summed E-state index contributed by atoms with van der Waals surface area (Å²) in [6.07, 6.45) is 3.26. The minimum Gasteiger partial charge on any atom is -0.380 e. The van der Waals surface area contributed by atoms with Crippen LogP contribution in [0.2, 0.25) is 0 Å². The number of benzene rings is 2. The molecule has 0 spiro atoms. The maximum absolute atomic E-state index is 14.1. The fraction of sp³-hybridized carbons (Fsp3) is 0.375. The largest absolute Gasteiger partial charge is 0.380 e. The third-order valence-electron chi connectivity index (χ3n) is 6.05. The fourth-order valence-corrected chi connectivity index (χ4v) is 4.41. The number of hydrogen-bond acceptors (Lipinski definition) is 2. The SMILES string of the molecule is CCOCCn1cc(C2CCN(C(=O)c3c(F)c(F)cc(F)c3F)CC2)c2ccccc21. The van der Waals surface area contributed by atoms with Crippen LogP contribution in [-0.2, 0) is 11.3 Å². The van der Waals surface area contributed by atoms with Gasteiger partial charge >= 0.3 is 0 Å². The molecule has 0 bridgehead atoms. The quantitative estimate of drug-likeness (QED) is 0.293. The van der Waals surface area contributed by atoms with Gasteiger partial charge in [-0.1, -0.05) is 18.2 Å². The van der Waals surface area contributed by atoms with Crippen LogP contribution in [0.4, 0.5) is 17.6 Å². The van der Waals surface area contributed by atoms with E-state index in [1.54, 1.807) is 0 Å². The average Bonchev–Trinajstić information content (AvgIpc) is 3.17. The van der Waals surface area contributed by atoms with Crippen LogP contribution in [0.15, 0.2) is 36.5 Å². The second-order valence-corrected chi connectivity index (χ2v) is 7.90. The second kappa shape index (κ2) is 9.32.